The average Bonchev–Trinajstić information content (AvgIpc) is 2.97. The standard InChI is InChI=1S/C31H37N7O/c1-37-15-17-38(18-16-37)23-30(21-33,22-34)27-11-9-26(10-12-27)25-7-5-24(6-8-25)19-28(20-32)36-29(39)31(35)13-3-2-4-14-31/h5-12,28H,2-4,13-19,23,35H2,1H3,(H,36,39)/t28-/m0/s1. The summed E-state index contributed by atoms with van der Waals surface area (Å²) >= 11 is 0. The van der Waals surface area contributed by atoms with E-state index >= 15 is 0 Å². The van der Waals surface area contributed by atoms with Gasteiger partial charge in [-0.1, -0.05) is 67.8 Å². The number of hydrogen-bond donors (Lipinski definition) is 2. The summed E-state index contributed by atoms with van der Waals surface area (Å²) in [5.74, 6) is -0.233. The van der Waals surface area contributed by atoms with Gasteiger partial charge >= 0.3 is 0 Å². The molecule has 2 fully saturated rings. The highest BCUT2D eigenvalue weighted by atomic mass is 16.2. The van der Waals surface area contributed by atoms with Crippen molar-refractivity contribution in [3.05, 3.63) is 59.7 Å². The molecule has 0 aromatic heterocycles. The maximum atomic E-state index is 12.8. The molecule has 4 rings (SSSR count). The number of carbonyl (C=O) groups excluding carboxylic acids is 1. The van der Waals surface area contributed by atoms with Crippen LogP contribution in [0.1, 0.15) is 43.2 Å². The van der Waals surface area contributed by atoms with Gasteiger partial charge in [0.2, 0.25) is 5.91 Å². The summed E-state index contributed by atoms with van der Waals surface area (Å²) in [6.07, 6.45) is 4.68. The van der Waals surface area contributed by atoms with Gasteiger partial charge in [-0.05, 0) is 42.1 Å². The molecule has 39 heavy (non-hydrogen) atoms. The van der Waals surface area contributed by atoms with Gasteiger partial charge in [0, 0.05) is 39.1 Å². The molecule has 1 atom stereocenters. The monoisotopic (exact) mass is 523 g/mol. The van der Waals surface area contributed by atoms with Crippen molar-refractivity contribution < 1.29 is 4.79 Å². The topological polar surface area (TPSA) is 133 Å². The quantitative estimate of drug-likeness (QED) is 0.543. The smallest absolute Gasteiger partial charge is 0.241 e. The Balaban J connectivity index is 1.40. The third-order valence-corrected chi connectivity index (χ3v) is 8.20. The number of benzene rings is 2. The number of piperazine rings is 1. The minimum atomic E-state index is -1.21. The predicted octanol–water partition coefficient (Wildman–Crippen LogP) is 3.10. The van der Waals surface area contributed by atoms with Gasteiger partial charge in [-0.2, -0.15) is 15.8 Å². The molecule has 2 aromatic carbocycles. The van der Waals surface area contributed by atoms with Crippen molar-refractivity contribution in [3.8, 4) is 29.3 Å². The Labute approximate surface area is 231 Å². The minimum Gasteiger partial charge on any atom is -0.338 e. The van der Waals surface area contributed by atoms with Crippen LogP contribution in [0, 0.1) is 34.0 Å². The Morgan fingerprint density at radius 1 is 0.949 bits per heavy atom. The molecule has 0 spiro atoms. The number of rotatable bonds is 8. The second-order valence-corrected chi connectivity index (χ2v) is 11.1. The van der Waals surface area contributed by atoms with Crippen LogP contribution in [0.5, 0.6) is 0 Å². The predicted molar refractivity (Wildman–Crippen MR) is 150 cm³/mol. The molecular formula is C31H37N7O. The number of hydrogen-bond acceptors (Lipinski definition) is 7. The lowest BCUT2D eigenvalue weighted by molar-refractivity contribution is -0.127. The molecule has 1 amide bonds. The molecule has 0 unspecified atom stereocenters. The van der Waals surface area contributed by atoms with Gasteiger partial charge in [0.1, 0.15) is 6.04 Å². The van der Waals surface area contributed by atoms with Crippen molar-refractivity contribution in [2.75, 3.05) is 39.8 Å². The summed E-state index contributed by atoms with van der Waals surface area (Å²) < 4.78 is 0. The second-order valence-electron chi connectivity index (χ2n) is 11.1. The van der Waals surface area contributed by atoms with Gasteiger partial charge in [-0.15, -0.1) is 0 Å². The van der Waals surface area contributed by atoms with Crippen LogP contribution < -0.4 is 11.1 Å². The molecule has 0 bridgehead atoms. The van der Waals surface area contributed by atoms with Crippen molar-refractivity contribution in [2.45, 2.75) is 55.5 Å². The lowest BCUT2D eigenvalue weighted by Gasteiger charge is -2.35. The van der Waals surface area contributed by atoms with Crippen molar-refractivity contribution in [3.63, 3.8) is 0 Å². The van der Waals surface area contributed by atoms with E-state index in [1.807, 2.05) is 48.5 Å². The van der Waals surface area contributed by atoms with Gasteiger partial charge in [-0.3, -0.25) is 9.69 Å². The van der Waals surface area contributed by atoms with E-state index in [1.165, 1.54) is 0 Å². The molecule has 1 aliphatic heterocycles. The Hall–Kier alpha value is -3.74. The van der Waals surface area contributed by atoms with Gasteiger partial charge < -0.3 is 16.0 Å². The molecule has 0 radical (unpaired) electrons. The summed E-state index contributed by atoms with van der Waals surface area (Å²) in [6.45, 7) is 3.93. The van der Waals surface area contributed by atoms with Crippen molar-refractivity contribution in [2.24, 2.45) is 5.73 Å². The van der Waals surface area contributed by atoms with Crippen LogP contribution in [0.15, 0.2) is 48.5 Å². The Morgan fingerprint density at radius 3 is 2.05 bits per heavy atom. The van der Waals surface area contributed by atoms with E-state index in [0.717, 1.165) is 62.1 Å². The Morgan fingerprint density at radius 2 is 1.51 bits per heavy atom. The summed E-state index contributed by atoms with van der Waals surface area (Å²) in [5, 5.41) is 32.5. The van der Waals surface area contributed by atoms with E-state index in [2.05, 4.69) is 40.4 Å². The summed E-state index contributed by atoms with van der Waals surface area (Å²) in [7, 11) is 2.08. The van der Waals surface area contributed by atoms with Crippen LogP contribution in [0.4, 0.5) is 0 Å². The third-order valence-electron chi connectivity index (χ3n) is 8.20. The average molecular weight is 524 g/mol. The lowest BCUT2D eigenvalue weighted by atomic mass is 9.81. The zero-order chi connectivity index (χ0) is 27.9. The van der Waals surface area contributed by atoms with Gasteiger partial charge in [0.05, 0.1) is 23.7 Å². The van der Waals surface area contributed by atoms with Crippen LogP contribution >= 0.6 is 0 Å². The molecule has 1 aliphatic carbocycles. The number of nitrogens with zero attached hydrogens (tertiary/aromatic N) is 5. The fourth-order valence-corrected chi connectivity index (χ4v) is 5.51. The zero-order valence-electron chi connectivity index (χ0n) is 22.7. The molecule has 3 N–H and O–H groups in total. The number of nitriles is 3. The molecule has 1 saturated carbocycles. The normalized spacial score (nSPS) is 18.7. The van der Waals surface area contributed by atoms with Crippen LogP contribution in [-0.4, -0.2) is 67.1 Å². The number of nitrogens with two attached hydrogens (primary N) is 1. The largest absolute Gasteiger partial charge is 0.338 e. The molecular weight excluding hydrogens is 486 g/mol. The van der Waals surface area contributed by atoms with E-state index in [9.17, 15) is 20.6 Å². The van der Waals surface area contributed by atoms with Crippen LogP contribution in [0.25, 0.3) is 11.1 Å². The van der Waals surface area contributed by atoms with Crippen LogP contribution in [-0.2, 0) is 16.6 Å². The first-order valence-electron chi connectivity index (χ1n) is 13.7. The van der Waals surface area contributed by atoms with Crippen molar-refractivity contribution in [1.29, 1.82) is 15.8 Å². The molecule has 2 aliphatic rings. The van der Waals surface area contributed by atoms with Crippen molar-refractivity contribution in [1.82, 2.24) is 15.1 Å². The van der Waals surface area contributed by atoms with Crippen LogP contribution in [0.2, 0.25) is 0 Å². The molecule has 1 heterocycles. The lowest BCUT2D eigenvalue weighted by Crippen LogP contribution is -2.57. The maximum Gasteiger partial charge on any atom is 0.241 e. The van der Waals surface area contributed by atoms with Crippen molar-refractivity contribution >= 4 is 5.91 Å². The number of carbonyl (C=O) groups is 1. The molecule has 1 saturated heterocycles. The summed E-state index contributed by atoms with van der Waals surface area (Å²) in [4.78, 5) is 17.2. The number of amides is 1. The molecule has 2 aromatic rings. The number of nitrogens with one attached hydrogen (secondary N) is 1. The maximum absolute atomic E-state index is 12.8. The minimum absolute atomic E-state index is 0.233. The molecule has 8 heteroatoms. The highest BCUT2D eigenvalue weighted by molar-refractivity contribution is 5.86. The summed E-state index contributed by atoms with van der Waals surface area (Å²) in [6, 6.07) is 21.7. The van der Waals surface area contributed by atoms with Crippen LogP contribution in [0.3, 0.4) is 0 Å². The molecule has 8 nitrogen and oxygen atoms in total. The Kier molecular flexibility index (Phi) is 9.00. The third kappa shape index (κ3) is 6.64. The van der Waals surface area contributed by atoms with Gasteiger partial charge in [-0.25, -0.2) is 0 Å². The van der Waals surface area contributed by atoms with Gasteiger partial charge in [0.15, 0.2) is 5.41 Å². The van der Waals surface area contributed by atoms with E-state index in [1.54, 1.807) is 0 Å². The highest BCUT2D eigenvalue weighted by Gasteiger charge is 2.37. The van der Waals surface area contributed by atoms with E-state index in [-0.39, 0.29) is 5.91 Å². The fraction of sp³-hybridized carbons (Fsp3) is 0.484. The second kappa shape index (κ2) is 12.4. The highest BCUT2D eigenvalue weighted by Crippen LogP contribution is 2.29. The summed E-state index contributed by atoms with van der Waals surface area (Å²) in [5.41, 5.74) is 7.85. The first-order chi connectivity index (χ1) is 18.8. The van der Waals surface area contributed by atoms with E-state index in [4.69, 9.17) is 5.73 Å². The zero-order valence-corrected chi connectivity index (χ0v) is 22.7. The fourth-order valence-electron chi connectivity index (χ4n) is 5.51. The Bertz CT molecular complexity index is 1240. The SMILES string of the molecule is CN1CCN(CC(C#N)(C#N)c2ccc(-c3ccc(C[C@@H](C#N)NC(=O)C4(N)CCCCC4)cc3)cc2)CC1. The first kappa shape index (κ1) is 28.3. The van der Waals surface area contributed by atoms with E-state index in [0.29, 0.717) is 31.4 Å². The first-order valence-corrected chi connectivity index (χ1v) is 13.7. The number of likely N-dealkylation sites (N-methyl/N-ethyl adjacent to an activating group) is 1. The van der Waals surface area contributed by atoms with E-state index < -0.39 is 17.0 Å². The van der Waals surface area contributed by atoms with Gasteiger partial charge in [0.25, 0.3) is 0 Å². The molecule has 202 valence electrons.